The summed E-state index contributed by atoms with van der Waals surface area (Å²) >= 11 is 0. The summed E-state index contributed by atoms with van der Waals surface area (Å²) in [7, 11) is 0. The number of aliphatic hydroxyl groups excluding tert-OH is 1. The van der Waals surface area contributed by atoms with Crippen molar-refractivity contribution in [3.8, 4) is 0 Å². The molecule has 0 spiro atoms. The molecule has 0 bridgehead atoms. The number of aliphatic hydroxyl groups is 1. The number of rotatable bonds is 5. The minimum Gasteiger partial charge on any atom is -0.393 e. The molecule has 2 aromatic rings. The fourth-order valence-corrected chi connectivity index (χ4v) is 3.04. The zero-order chi connectivity index (χ0) is 16.1. The van der Waals surface area contributed by atoms with E-state index in [4.69, 9.17) is 4.74 Å². The fraction of sp³-hybridized carbons (Fsp3) is 0.444. The van der Waals surface area contributed by atoms with Crippen molar-refractivity contribution in [2.24, 2.45) is 0 Å². The lowest BCUT2D eigenvalue weighted by molar-refractivity contribution is -0.134. The Kier molecular flexibility index (Phi) is 5.00. The minimum atomic E-state index is -0.546. The summed E-state index contributed by atoms with van der Waals surface area (Å²) in [5.74, 6) is 0. The Morgan fingerprint density at radius 1 is 1.26 bits per heavy atom. The van der Waals surface area contributed by atoms with Gasteiger partial charge in [-0.25, -0.2) is 0 Å². The van der Waals surface area contributed by atoms with Crippen LogP contribution in [-0.2, 0) is 17.7 Å². The first kappa shape index (κ1) is 16.1. The lowest BCUT2D eigenvalue weighted by Crippen LogP contribution is -2.55. The third kappa shape index (κ3) is 4.13. The SMILES string of the molecule is Cc1ccc(C[C@]2(CO)CN(Cc3cnccn3)CCO2)cc1. The zero-order valence-corrected chi connectivity index (χ0v) is 13.5. The second kappa shape index (κ2) is 7.17. The lowest BCUT2D eigenvalue weighted by atomic mass is 9.92. The highest BCUT2D eigenvalue weighted by Crippen LogP contribution is 2.24. The molecule has 1 aliphatic heterocycles. The van der Waals surface area contributed by atoms with Gasteiger partial charge < -0.3 is 9.84 Å². The van der Waals surface area contributed by atoms with E-state index in [2.05, 4.69) is 46.1 Å². The molecule has 0 saturated carbocycles. The smallest absolute Gasteiger partial charge is 0.108 e. The number of nitrogens with zero attached hydrogens (tertiary/aromatic N) is 3. The van der Waals surface area contributed by atoms with Crippen molar-refractivity contribution >= 4 is 0 Å². The molecular formula is C18H23N3O2. The van der Waals surface area contributed by atoms with Gasteiger partial charge in [0.25, 0.3) is 0 Å². The predicted molar refractivity (Wildman–Crippen MR) is 88.0 cm³/mol. The first-order chi connectivity index (χ1) is 11.2. The van der Waals surface area contributed by atoms with Crippen molar-refractivity contribution in [3.63, 3.8) is 0 Å². The van der Waals surface area contributed by atoms with Gasteiger partial charge in [-0.15, -0.1) is 0 Å². The van der Waals surface area contributed by atoms with E-state index in [0.717, 1.165) is 18.8 Å². The molecule has 1 saturated heterocycles. The molecule has 3 rings (SSSR count). The Balaban J connectivity index is 1.69. The minimum absolute atomic E-state index is 0.0118. The van der Waals surface area contributed by atoms with Crippen LogP contribution in [-0.4, -0.2) is 51.9 Å². The highest BCUT2D eigenvalue weighted by atomic mass is 16.5. The van der Waals surface area contributed by atoms with E-state index in [1.165, 1.54) is 11.1 Å². The molecule has 1 aromatic heterocycles. The molecule has 5 heteroatoms. The van der Waals surface area contributed by atoms with Gasteiger partial charge in [0.2, 0.25) is 0 Å². The number of aromatic nitrogens is 2. The van der Waals surface area contributed by atoms with Crippen LogP contribution in [0.15, 0.2) is 42.9 Å². The molecule has 5 nitrogen and oxygen atoms in total. The molecule has 1 fully saturated rings. The van der Waals surface area contributed by atoms with Crippen LogP contribution in [0.3, 0.4) is 0 Å². The number of ether oxygens (including phenoxy) is 1. The van der Waals surface area contributed by atoms with Crippen molar-refractivity contribution in [1.29, 1.82) is 0 Å². The van der Waals surface area contributed by atoms with Crippen molar-refractivity contribution < 1.29 is 9.84 Å². The van der Waals surface area contributed by atoms with Gasteiger partial charge in [-0.2, -0.15) is 0 Å². The summed E-state index contributed by atoms with van der Waals surface area (Å²) in [5.41, 5.74) is 2.82. The highest BCUT2D eigenvalue weighted by Gasteiger charge is 2.36. The summed E-state index contributed by atoms with van der Waals surface area (Å²) in [6, 6.07) is 8.41. The van der Waals surface area contributed by atoms with Crippen molar-refractivity contribution in [2.75, 3.05) is 26.3 Å². The Morgan fingerprint density at radius 2 is 2.09 bits per heavy atom. The summed E-state index contributed by atoms with van der Waals surface area (Å²) in [5, 5.41) is 9.96. The van der Waals surface area contributed by atoms with Crippen LogP contribution in [0.25, 0.3) is 0 Å². The van der Waals surface area contributed by atoms with E-state index in [9.17, 15) is 5.11 Å². The van der Waals surface area contributed by atoms with Gasteiger partial charge >= 0.3 is 0 Å². The molecule has 1 aliphatic rings. The zero-order valence-electron chi connectivity index (χ0n) is 13.5. The molecule has 0 aliphatic carbocycles. The quantitative estimate of drug-likeness (QED) is 0.908. The number of hydrogen-bond donors (Lipinski definition) is 1. The summed E-state index contributed by atoms with van der Waals surface area (Å²) in [4.78, 5) is 10.7. The van der Waals surface area contributed by atoms with E-state index in [0.29, 0.717) is 19.6 Å². The topological polar surface area (TPSA) is 58.5 Å². The van der Waals surface area contributed by atoms with Gasteiger partial charge in [-0.05, 0) is 12.5 Å². The Morgan fingerprint density at radius 3 is 2.78 bits per heavy atom. The monoisotopic (exact) mass is 313 g/mol. The lowest BCUT2D eigenvalue weighted by Gasteiger charge is -2.41. The maximum atomic E-state index is 9.96. The first-order valence-corrected chi connectivity index (χ1v) is 7.97. The summed E-state index contributed by atoms with van der Waals surface area (Å²) in [6.45, 7) is 4.96. The molecule has 1 atom stereocenters. The van der Waals surface area contributed by atoms with Gasteiger partial charge in [0.1, 0.15) is 5.60 Å². The number of morpholine rings is 1. The largest absolute Gasteiger partial charge is 0.393 e. The van der Waals surface area contributed by atoms with Crippen molar-refractivity contribution in [2.45, 2.75) is 25.5 Å². The van der Waals surface area contributed by atoms with E-state index in [1.54, 1.807) is 18.6 Å². The Hall–Kier alpha value is -1.82. The number of benzene rings is 1. The van der Waals surface area contributed by atoms with E-state index >= 15 is 0 Å². The van der Waals surface area contributed by atoms with Gasteiger partial charge in [-0.1, -0.05) is 29.8 Å². The molecule has 0 unspecified atom stereocenters. The molecule has 1 N–H and O–H groups in total. The van der Waals surface area contributed by atoms with Gasteiger partial charge in [0.15, 0.2) is 0 Å². The molecule has 0 radical (unpaired) electrons. The maximum absolute atomic E-state index is 9.96. The van der Waals surface area contributed by atoms with E-state index < -0.39 is 5.60 Å². The van der Waals surface area contributed by atoms with Crippen LogP contribution < -0.4 is 0 Å². The van der Waals surface area contributed by atoms with Crippen LogP contribution in [0.2, 0.25) is 0 Å². The van der Waals surface area contributed by atoms with Gasteiger partial charge in [0, 0.05) is 44.6 Å². The molecule has 0 amide bonds. The average Bonchev–Trinajstić information content (AvgIpc) is 2.58. The molecule has 23 heavy (non-hydrogen) atoms. The summed E-state index contributed by atoms with van der Waals surface area (Å²) in [6.07, 6.45) is 5.89. The van der Waals surface area contributed by atoms with E-state index in [-0.39, 0.29) is 6.61 Å². The molecular weight excluding hydrogens is 290 g/mol. The second-order valence-electron chi connectivity index (χ2n) is 6.26. The van der Waals surface area contributed by atoms with Crippen LogP contribution in [0.4, 0.5) is 0 Å². The van der Waals surface area contributed by atoms with Crippen molar-refractivity contribution in [3.05, 3.63) is 59.7 Å². The average molecular weight is 313 g/mol. The molecule has 2 heterocycles. The van der Waals surface area contributed by atoms with Crippen molar-refractivity contribution in [1.82, 2.24) is 14.9 Å². The summed E-state index contributed by atoms with van der Waals surface area (Å²) < 4.78 is 5.99. The Labute approximate surface area is 137 Å². The molecule has 122 valence electrons. The normalized spacial score (nSPS) is 22.2. The van der Waals surface area contributed by atoms with Crippen LogP contribution in [0.1, 0.15) is 16.8 Å². The first-order valence-electron chi connectivity index (χ1n) is 7.97. The predicted octanol–water partition coefficient (Wildman–Crippen LogP) is 1.59. The van der Waals surface area contributed by atoms with Crippen LogP contribution in [0.5, 0.6) is 0 Å². The Bertz CT molecular complexity index is 618. The number of hydrogen-bond acceptors (Lipinski definition) is 5. The standard InChI is InChI=1S/C18H23N3O2/c1-15-2-4-16(5-3-15)10-18(14-22)13-21(8-9-23-18)12-17-11-19-6-7-20-17/h2-7,11,22H,8-10,12-14H2,1H3/t18-/m1/s1. The number of aryl methyl sites for hydroxylation is 1. The fourth-order valence-electron chi connectivity index (χ4n) is 3.04. The molecule has 1 aromatic carbocycles. The third-order valence-electron chi connectivity index (χ3n) is 4.26. The highest BCUT2D eigenvalue weighted by molar-refractivity contribution is 5.23. The second-order valence-corrected chi connectivity index (χ2v) is 6.26. The van der Waals surface area contributed by atoms with Crippen LogP contribution >= 0.6 is 0 Å². The van der Waals surface area contributed by atoms with Crippen LogP contribution in [0, 0.1) is 6.92 Å². The van der Waals surface area contributed by atoms with Gasteiger partial charge in [-0.3, -0.25) is 14.9 Å². The third-order valence-corrected chi connectivity index (χ3v) is 4.26. The maximum Gasteiger partial charge on any atom is 0.108 e. The van der Waals surface area contributed by atoms with Gasteiger partial charge in [0.05, 0.1) is 18.9 Å². The van der Waals surface area contributed by atoms with E-state index in [1.807, 2.05) is 0 Å².